The van der Waals surface area contributed by atoms with Crippen LogP contribution in [0.25, 0.3) is 0 Å². The number of hydrogen-bond donors (Lipinski definition) is 0. The van der Waals surface area contributed by atoms with Crippen molar-refractivity contribution in [3.63, 3.8) is 0 Å². The van der Waals surface area contributed by atoms with Crippen LogP contribution in [0.1, 0.15) is 13.8 Å². The van der Waals surface area contributed by atoms with Crippen LogP contribution in [-0.4, -0.2) is 21.0 Å². The van der Waals surface area contributed by atoms with Gasteiger partial charge < -0.3 is 0 Å². The molecule has 0 unspecified atom stereocenters. The zero-order valence-corrected chi connectivity index (χ0v) is 13.8. The predicted octanol–water partition coefficient (Wildman–Crippen LogP) is 3.56. The van der Waals surface area contributed by atoms with Crippen molar-refractivity contribution in [2.75, 3.05) is 13.2 Å². The van der Waals surface area contributed by atoms with Crippen LogP contribution in [0.15, 0.2) is 10.9 Å². The summed E-state index contributed by atoms with van der Waals surface area (Å²) >= 11 is 10.5. The molecule has 0 saturated heterocycles. The van der Waals surface area contributed by atoms with Gasteiger partial charge in [-0.3, -0.25) is 0 Å². The first-order valence-corrected chi connectivity index (χ1v) is 19.5. The van der Waals surface area contributed by atoms with E-state index < -0.39 is 7.74 Å². The van der Waals surface area contributed by atoms with E-state index in [4.69, 9.17) is 9.47 Å². The summed E-state index contributed by atoms with van der Waals surface area (Å²) in [5.41, 5.74) is 0. The molecule has 6 heteroatoms. The van der Waals surface area contributed by atoms with Crippen molar-refractivity contribution in [1.82, 2.24) is 0 Å². The van der Waals surface area contributed by atoms with Crippen molar-refractivity contribution in [1.29, 1.82) is 0 Å². The van der Waals surface area contributed by atoms with E-state index in [9.17, 15) is 0 Å². The third-order valence-electron chi connectivity index (χ3n) is 0.855. The number of ether oxygens (including phenoxy) is 2. The molecule has 0 aliphatic carbocycles. The summed E-state index contributed by atoms with van der Waals surface area (Å²) in [6, 6.07) is 0. The number of halogens is 3. The van der Waals surface area contributed by atoms with Gasteiger partial charge in [-0.25, -0.2) is 0 Å². The molecule has 0 amide bonds. The summed E-state index contributed by atoms with van der Waals surface area (Å²) in [4.78, 5) is 1.94. The van der Waals surface area contributed by atoms with Crippen LogP contribution in [0.2, 0.25) is 0 Å². The summed E-state index contributed by atoms with van der Waals surface area (Å²) in [6.45, 7) is 5.10. The van der Waals surface area contributed by atoms with Crippen LogP contribution in [0.5, 0.6) is 0 Å². The Hall–Kier alpha value is 1.32. The topological polar surface area (TPSA) is 18.5 Å². The molecule has 0 aliphatic rings. The van der Waals surface area contributed by atoms with Crippen LogP contribution in [0.3, 0.4) is 0 Å². The van der Waals surface area contributed by atoms with Gasteiger partial charge in [0.25, 0.3) is 0 Å². The Morgan fingerprint density at radius 1 is 1.17 bits per heavy atom. The zero-order chi connectivity index (χ0) is 9.61. The van der Waals surface area contributed by atoms with Crippen LogP contribution < -0.4 is 0 Å². The van der Waals surface area contributed by atoms with E-state index in [1.54, 1.807) is 0 Å². The van der Waals surface area contributed by atoms with Gasteiger partial charge in [-0.05, 0) is 0 Å². The van der Waals surface area contributed by atoms with Crippen LogP contribution in [-0.2, 0) is 9.47 Å². The van der Waals surface area contributed by atoms with E-state index in [1.165, 1.54) is 0 Å². The van der Waals surface area contributed by atoms with Gasteiger partial charge >= 0.3 is 97.1 Å². The fourth-order valence-electron chi connectivity index (χ4n) is 0.543. The van der Waals surface area contributed by atoms with Gasteiger partial charge in [-0.2, -0.15) is 0 Å². The summed E-state index contributed by atoms with van der Waals surface area (Å²) in [7, 11) is -2.23. The van der Waals surface area contributed by atoms with E-state index in [2.05, 4.69) is 42.0 Å². The molecule has 2 nitrogen and oxygen atoms in total. The number of hydrogen-bond acceptors (Lipinski definition) is 2. The molecule has 0 aromatic heterocycles. The zero-order valence-electron chi connectivity index (χ0n) is 6.94. The molecular weight excluding hydrogens is 416 g/mol. The van der Waals surface area contributed by atoms with Crippen molar-refractivity contribution in [3.8, 4) is 0 Å². The standard InChI is InChI=1S/C6H11Br3GeO2/c1-3-11-6(12-4-2)5-10(7,8)9/h5H,3-4H2,1-2H3. The number of rotatable bonds is 5. The first-order valence-electron chi connectivity index (χ1n) is 3.54. The molecule has 0 N–H and O–H groups in total. The molecule has 0 aromatic carbocycles. The molecule has 0 radical (unpaired) electrons. The Bertz CT molecular complexity index is 147. The Labute approximate surface area is 96.3 Å². The third kappa shape index (κ3) is 7.95. The Morgan fingerprint density at radius 2 is 1.58 bits per heavy atom. The third-order valence-corrected chi connectivity index (χ3v) is 5.60. The van der Waals surface area contributed by atoms with Gasteiger partial charge in [0, 0.05) is 0 Å². The predicted molar refractivity (Wildman–Crippen MR) is 63.9 cm³/mol. The van der Waals surface area contributed by atoms with Crippen LogP contribution >= 0.6 is 42.0 Å². The molecule has 12 heavy (non-hydrogen) atoms. The quantitative estimate of drug-likeness (QED) is 0.494. The van der Waals surface area contributed by atoms with Gasteiger partial charge in [0.15, 0.2) is 0 Å². The Morgan fingerprint density at radius 3 is 1.83 bits per heavy atom. The first kappa shape index (κ1) is 13.3. The molecule has 0 aromatic rings. The van der Waals surface area contributed by atoms with Gasteiger partial charge in [0.2, 0.25) is 0 Å². The van der Waals surface area contributed by atoms with E-state index in [0.717, 1.165) is 0 Å². The summed E-state index contributed by atoms with van der Waals surface area (Å²) in [6.07, 6.45) is 0. The average Bonchev–Trinajstić information content (AvgIpc) is 1.84. The van der Waals surface area contributed by atoms with Crippen LogP contribution in [0, 0.1) is 0 Å². The monoisotopic (exact) mass is 426 g/mol. The Balaban J connectivity index is 4.17. The fourth-order valence-corrected chi connectivity index (χ4v) is 4.37. The molecule has 72 valence electrons. The molecule has 0 heterocycles. The summed E-state index contributed by atoms with van der Waals surface area (Å²) in [5.74, 6) is 0.589. The summed E-state index contributed by atoms with van der Waals surface area (Å²) < 4.78 is 10.5. The molecule has 0 rings (SSSR count). The maximum absolute atomic E-state index is 5.25. The molecule has 0 bridgehead atoms. The molecule has 0 saturated carbocycles. The van der Waals surface area contributed by atoms with Crippen LogP contribution in [0.4, 0.5) is 0 Å². The second kappa shape index (κ2) is 6.73. The molecular formula is C6H11Br3GeO2. The van der Waals surface area contributed by atoms with E-state index >= 15 is 0 Å². The van der Waals surface area contributed by atoms with Gasteiger partial charge in [0.05, 0.1) is 0 Å². The summed E-state index contributed by atoms with van der Waals surface area (Å²) in [5, 5.41) is 0. The fraction of sp³-hybridized carbons (Fsp3) is 0.667. The van der Waals surface area contributed by atoms with Crippen molar-refractivity contribution in [2.45, 2.75) is 13.8 Å². The SMILES string of the molecule is CCOC(=[CH][Ge]([Br])([Br])[Br])OCC. The molecule has 0 spiro atoms. The van der Waals surface area contributed by atoms with Gasteiger partial charge in [-0.1, -0.05) is 0 Å². The first-order chi connectivity index (χ1) is 5.49. The minimum atomic E-state index is -2.23. The van der Waals surface area contributed by atoms with Gasteiger partial charge in [0.1, 0.15) is 0 Å². The molecule has 0 atom stereocenters. The van der Waals surface area contributed by atoms with Crippen molar-refractivity contribution < 1.29 is 9.47 Å². The average molecular weight is 427 g/mol. The van der Waals surface area contributed by atoms with Crippen molar-refractivity contribution in [2.24, 2.45) is 0 Å². The van der Waals surface area contributed by atoms with Gasteiger partial charge in [-0.15, -0.1) is 0 Å². The minimum absolute atomic E-state index is 0.589. The van der Waals surface area contributed by atoms with E-state index in [-0.39, 0.29) is 0 Å². The van der Waals surface area contributed by atoms with E-state index in [1.807, 2.05) is 18.8 Å². The van der Waals surface area contributed by atoms with E-state index in [0.29, 0.717) is 19.2 Å². The Kier molecular flexibility index (Phi) is 7.47. The second-order valence-electron chi connectivity index (χ2n) is 1.87. The molecule has 0 aliphatic heterocycles. The maximum atomic E-state index is 5.25. The normalized spacial score (nSPS) is 10.8. The van der Waals surface area contributed by atoms with Crippen molar-refractivity contribution >= 4 is 49.8 Å². The second-order valence-corrected chi connectivity index (χ2v) is 40.8. The molecule has 0 fully saturated rings. The van der Waals surface area contributed by atoms with Crippen molar-refractivity contribution in [3.05, 3.63) is 10.9 Å².